The first-order valence-corrected chi connectivity index (χ1v) is 8.02. The highest BCUT2D eigenvalue weighted by atomic mass is 32.2. The zero-order valence-electron chi connectivity index (χ0n) is 14.3. The van der Waals surface area contributed by atoms with Gasteiger partial charge in [-0.05, 0) is 12.8 Å². The predicted molar refractivity (Wildman–Crippen MR) is 84.6 cm³/mol. The SMILES string of the molecule is COC(=O)[C@@](C)(CSC(C)(C)C)C(=O)OC(=O)OCC(C)C. The number of hydrogen-bond donors (Lipinski definition) is 0. The molecule has 0 aromatic carbocycles. The van der Waals surface area contributed by atoms with Gasteiger partial charge in [-0.15, -0.1) is 0 Å². The average molecular weight is 334 g/mol. The third-order valence-electron chi connectivity index (χ3n) is 2.59. The first-order valence-electron chi connectivity index (χ1n) is 7.04. The quantitative estimate of drug-likeness (QED) is 0.545. The van der Waals surface area contributed by atoms with E-state index < -0.39 is 23.5 Å². The molecular formula is C15H26O6S. The second-order valence-corrected chi connectivity index (χ2v) is 8.37. The van der Waals surface area contributed by atoms with Gasteiger partial charge in [-0.1, -0.05) is 34.6 Å². The van der Waals surface area contributed by atoms with Gasteiger partial charge in [-0.3, -0.25) is 9.59 Å². The highest BCUT2D eigenvalue weighted by molar-refractivity contribution is 8.00. The standard InChI is InChI=1S/C15H26O6S/c1-10(2)8-20-13(18)21-12(17)15(6,11(16)19-7)9-22-14(3,4)5/h10H,8-9H2,1-7H3/t15-/m1/s1. The Bertz CT molecular complexity index is 413. The normalized spacial score (nSPS) is 14.2. The molecule has 6 nitrogen and oxygen atoms in total. The average Bonchev–Trinajstić information content (AvgIpc) is 2.40. The summed E-state index contributed by atoms with van der Waals surface area (Å²) in [6.07, 6.45) is -1.10. The van der Waals surface area contributed by atoms with E-state index in [0.717, 1.165) is 0 Å². The molecule has 0 fully saturated rings. The fourth-order valence-electron chi connectivity index (χ4n) is 1.24. The van der Waals surface area contributed by atoms with Crippen molar-refractivity contribution in [2.24, 2.45) is 11.3 Å². The van der Waals surface area contributed by atoms with Crippen molar-refractivity contribution in [3.05, 3.63) is 0 Å². The van der Waals surface area contributed by atoms with Crippen molar-refractivity contribution in [2.45, 2.75) is 46.3 Å². The minimum absolute atomic E-state index is 0.117. The molecule has 128 valence electrons. The topological polar surface area (TPSA) is 78.9 Å². The molecule has 0 rings (SSSR count). The Morgan fingerprint density at radius 1 is 1.05 bits per heavy atom. The van der Waals surface area contributed by atoms with E-state index >= 15 is 0 Å². The zero-order valence-corrected chi connectivity index (χ0v) is 15.2. The summed E-state index contributed by atoms with van der Waals surface area (Å²) < 4.78 is 13.9. The maximum Gasteiger partial charge on any atom is 0.516 e. The van der Waals surface area contributed by atoms with E-state index in [1.54, 1.807) is 0 Å². The smallest absolute Gasteiger partial charge is 0.468 e. The van der Waals surface area contributed by atoms with Gasteiger partial charge in [0.05, 0.1) is 13.7 Å². The highest BCUT2D eigenvalue weighted by Crippen LogP contribution is 2.33. The van der Waals surface area contributed by atoms with Crippen LogP contribution in [0.5, 0.6) is 0 Å². The van der Waals surface area contributed by atoms with Gasteiger partial charge in [-0.2, -0.15) is 11.8 Å². The number of ether oxygens (including phenoxy) is 3. The summed E-state index contributed by atoms with van der Waals surface area (Å²) in [6, 6.07) is 0. The third kappa shape index (κ3) is 7.15. The van der Waals surface area contributed by atoms with Crippen LogP contribution < -0.4 is 0 Å². The molecule has 0 amide bonds. The predicted octanol–water partition coefficient (Wildman–Crippen LogP) is 3.03. The lowest BCUT2D eigenvalue weighted by molar-refractivity contribution is -0.165. The maximum atomic E-state index is 12.2. The molecule has 0 N–H and O–H groups in total. The molecule has 0 aromatic heterocycles. The monoisotopic (exact) mass is 334 g/mol. The van der Waals surface area contributed by atoms with Crippen molar-refractivity contribution < 1.29 is 28.6 Å². The molecule has 0 aliphatic heterocycles. The van der Waals surface area contributed by atoms with Crippen molar-refractivity contribution in [1.82, 2.24) is 0 Å². The second-order valence-electron chi connectivity index (χ2n) is 6.57. The molecule has 0 heterocycles. The Labute approximate surface area is 136 Å². The molecule has 0 radical (unpaired) electrons. The van der Waals surface area contributed by atoms with E-state index in [2.05, 4.69) is 9.47 Å². The van der Waals surface area contributed by atoms with Crippen molar-refractivity contribution in [3.8, 4) is 0 Å². The minimum atomic E-state index is -1.57. The van der Waals surface area contributed by atoms with E-state index in [9.17, 15) is 14.4 Å². The number of thioether (sulfide) groups is 1. The summed E-state index contributed by atoms with van der Waals surface area (Å²) in [5.74, 6) is -1.46. The Hall–Kier alpha value is -1.24. The molecule has 22 heavy (non-hydrogen) atoms. The molecule has 0 bridgehead atoms. The van der Waals surface area contributed by atoms with Gasteiger partial charge in [0.1, 0.15) is 0 Å². The third-order valence-corrected chi connectivity index (χ3v) is 4.18. The van der Waals surface area contributed by atoms with E-state index in [0.29, 0.717) is 0 Å². The van der Waals surface area contributed by atoms with Crippen LogP contribution in [0, 0.1) is 11.3 Å². The fourth-order valence-corrected chi connectivity index (χ4v) is 2.20. The van der Waals surface area contributed by atoms with Crippen LogP contribution in [-0.4, -0.2) is 42.3 Å². The molecule has 0 unspecified atom stereocenters. The molecule has 0 aromatic rings. The Balaban J connectivity index is 4.91. The zero-order chi connectivity index (χ0) is 17.6. The van der Waals surface area contributed by atoms with Gasteiger partial charge in [0.25, 0.3) is 0 Å². The Morgan fingerprint density at radius 2 is 1.59 bits per heavy atom. The van der Waals surface area contributed by atoms with Crippen LogP contribution in [0.1, 0.15) is 41.5 Å². The van der Waals surface area contributed by atoms with Crippen LogP contribution in [0.2, 0.25) is 0 Å². The van der Waals surface area contributed by atoms with E-state index in [-0.39, 0.29) is 23.0 Å². The number of carbonyl (C=O) groups excluding carboxylic acids is 3. The summed E-state index contributed by atoms with van der Waals surface area (Å²) in [7, 11) is 1.19. The molecule has 0 aliphatic rings. The minimum Gasteiger partial charge on any atom is -0.468 e. The van der Waals surface area contributed by atoms with Crippen LogP contribution in [0.4, 0.5) is 4.79 Å². The van der Waals surface area contributed by atoms with E-state index in [1.165, 1.54) is 25.8 Å². The molecular weight excluding hydrogens is 308 g/mol. The van der Waals surface area contributed by atoms with Crippen LogP contribution in [0.15, 0.2) is 0 Å². The summed E-state index contributed by atoms with van der Waals surface area (Å²) in [5, 5.41) is 0. The van der Waals surface area contributed by atoms with Gasteiger partial charge in [0, 0.05) is 10.5 Å². The largest absolute Gasteiger partial charge is 0.516 e. The van der Waals surface area contributed by atoms with E-state index in [4.69, 9.17) is 4.74 Å². The number of esters is 2. The Kier molecular flexibility index (Phi) is 7.93. The van der Waals surface area contributed by atoms with Gasteiger partial charge in [0.2, 0.25) is 0 Å². The fraction of sp³-hybridized carbons (Fsp3) is 0.800. The van der Waals surface area contributed by atoms with Crippen molar-refractivity contribution in [2.75, 3.05) is 19.5 Å². The van der Waals surface area contributed by atoms with Crippen molar-refractivity contribution in [3.63, 3.8) is 0 Å². The molecule has 0 saturated carbocycles. The lowest BCUT2D eigenvalue weighted by atomic mass is 9.94. The summed E-state index contributed by atoms with van der Waals surface area (Å²) in [4.78, 5) is 35.6. The highest BCUT2D eigenvalue weighted by Gasteiger charge is 2.46. The molecule has 1 atom stereocenters. The van der Waals surface area contributed by atoms with Crippen molar-refractivity contribution >= 4 is 29.9 Å². The molecule has 0 aliphatic carbocycles. The van der Waals surface area contributed by atoms with Crippen LogP contribution >= 0.6 is 11.8 Å². The first-order chi connectivity index (χ1) is 9.92. The molecule has 7 heteroatoms. The summed E-state index contributed by atoms with van der Waals surface area (Å²) in [5.41, 5.74) is -1.57. The van der Waals surface area contributed by atoms with Crippen molar-refractivity contribution in [1.29, 1.82) is 0 Å². The molecule has 0 spiro atoms. The maximum absolute atomic E-state index is 12.2. The number of methoxy groups -OCH3 is 1. The van der Waals surface area contributed by atoms with Gasteiger partial charge in [-0.25, -0.2) is 4.79 Å². The van der Waals surface area contributed by atoms with Gasteiger partial charge < -0.3 is 14.2 Å². The van der Waals surface area contributed by atoms with Crippen LogP contribution in [-0.2, 0) is 23.8 Å². The van der Waals surface area contributed by atoms with Gasteiger partial charge in [0.15, 0.2) is 5.41 Å². The lowest BCUT2D eigenvalue weighted by Crippen LogP contribution is -2.43. The van der Waals surface area contributed by atoms with Gasteiger partial charge >= 0.3 is 18.1 Å². The van der Waals surface area contributed by atoms with E-state index in [1.807, 2.05) is 34.6 Å². The first kappa shape index (κ1) is 20.8. The Morgan fingerprint density at radius 3 is 2.00 bits per heavy atom. The van der Waals surface area contributed by atoms with Crippen LogP contribution in [0.25, 0.3) is 0 Å². The summed E-state index contributed by atoms with van der Waals surface area (Å²) in [6.45, 7) is 11.1. The number of carbonyl (C=O) groups is 3. The van der Waals surface area contributed by atoms with Crippen LogP contribution in [0.3, 0.4) is 0 Å². The second kappa shape index (κ2) is 8.41. The molecule has 0 saturated heterocycles. The number of hydrogen-bond acceptors (Lipinski definition) is 7. The lowest BCUT2D eigenvalue weighted by Gasteiger charge is -2.27. The summed E-state index contributed by atoms with van der Waals surface area (Å²) >= 11 is 1.40. The number of rotatable bonds is 6.